The summed E-state index contributed by atoms with van der Waals surface area (Å²) in [5.41, 5.74) is 1.17. The highest BCUT2D eigenvalue weighted by Gasteiger charge is 2.11. The summed E-state index contributed by atoms with van der Waals surface area (Å²) in [6, 6.07) is 5.05. The van der Waals surface area contributed by atoms with Crippen molar-refractivity contribution < 1.29 is 4.79 Å². The largest absolute Gasteiger partial charge is 0.387 e. The molecule has 1 aromatic heterocycles. The van der Waals surface area contributed by atoms with E-state index in [2.05, 4.69) is 31.3 Å². The van der Waals surface area contributed by atoms with Gasteiger partial charge in [0.1, 0.15) is 0 Å². The summed E-state index contributed by atoms with van der Waals surface area (Å²) in [4.78, 5) is 12.0. The van der Waals surface area contributed by atoms with Crippen LogP contribution in [0.5, 0.6) is 0 Å². The zero-order valence-corrected chi connectivity index (χ0v) is 10.3. The van der Waals surface area contributed by atoms with Gasteiger partial charge in [-0.25, -0.2) is 0 Å². The fraction of sp³-hybridized carbons (Fsp3) is 0.200. The molecule has 0 aliphatic rings. The van der Waals surface area contributed by atoms with Gasteiger partial charge in [0.15, 0.2) is 5.82 Å². The lowest BCUT2D eigenvalue weighted by atomic mass is 10.1. The molecule has 0 atom stereocenters. The second kappa shape index (κ2) is 5.46. The van der Waals surface area contributed by atoms with Crippen molar-refractivity contribution in [1.29, 1.82) is 0 Å². The molecule has 0 aliphatic carbocycles. The van der Waals surface area contributed by atoms with Crippen molar-refractivity contribution in [1.82, 2.24) is 25.9 Å². The Morgan fingerprint density at radius 2 is 2.33 bits per heavy atom. The van der Waals surface area contributed by atoms with Gasteiger partial charge in [0.2, 0.25) is 0 Å². The number of anilines is 1. The number of tetrazole rings is 1. The fourth-order valence-electron chi connectivity index (χ4n) is 1.43. The first-order chi connectivity index (χ1) is 8.70. The van der Waals surface area contributed by atoms with Gasteiger partial charge in [-0.05, 0) is 18.2 Å². The summed E-state index contributed by atoms with van der Waals surface area (Å²) in [6.45, 7) is 0.199. The maximum absolute atomic E-state index is 12.0. The van der Waals surface area contributed by atoms with Crippen LogP contribution in [-0.4, -0.2) is 33.6 Å². The Bertz CT molecular complexity index is 541. The number of nitrogens with zero attached hydrogens (tertiary/aromatic N) is 3. The number of benzene rings is 1. The second-order valence-corrected chi connectivity index (χ2v) is 3.89. The standard InChI is InChI=1S/C10H11ClN6O/c1-12-8-3-2-6(11)4-7(8)10(18)13-5-9-14-16-17-15-9/h2-4,12H,5H2,1H3,(H,13,18)(H,14,15,16,17). The molecule has 0 saturated heterocycles. The quantitative estimate of drug-likeness (QED) is 0.762. The van der Waals surface area contributed by atoms with E-state index in [9.17, 15) is 4.79 Å². The normalized spacial score (nSPS) is 10.1. The molecule has 0 unspecified atom stereocenters. The van der Waals surface area contributed by atoms with Crippen LogP contribution in [0.1, 0.15) is 16.2 Å². The number of aromatic amines is 1. The van der Waals surface area contributed by atoms with Crippen LogP contribution in [0.25, 0.3) is 0 Å². The third-order valence-electron chi connectivity index (χ3n) is 2.29. The van der Waals surface area contributed by atoms with Crippen LogP contribution < -0.4 is 10.6 Å². The van der Waals surface area contributed by atoms with Crippen LogP contribution in [0.3, 0.4) is 0 Å². The number of hydrogen-bond acceptors (Lipinski definition) is 5. The SMILES string of the molecule is CNc1ccc(Cl)cc1C(=O)NCc1nn[nH]n1. The summed E-state index contributed by atoms with van der Waals surface area (Å²) < 4.78 is 0. The van der Waals surface area contributed by atoms with Gasteiger partial charge >= 0.3 is 0 Å². The van der Waals surface area contributed by atoms with Crippen molar-refractivity contribution in [3.05, 3.63) is 34.6 Å². The van der Waals surface area contributed by atoms with Crippen molar-refractivity contribution in [3.63, 3.8) is 0 Å². The minimum atomic E-state index is -0.258. The van der Waals surface area contributed by atoms with Gasteiger partial charge in [0.05, 0.1) is 12.1 Å². The third kappa shape index (κ3) is 2.75. The molecule has 0 bridgehead atoms. The minimum Gasteiger partial charge on any atom is -0.387 e. The molecular weight excluding hydrogens is 256 g/mol. The first-order valence-corrected chi connectivity index (χ1v) is 5.56. The zero-order valence-electron chi connectivity index (χ0n) is 9.57. The van der Waals surface area contributed by atoms with Crippen molar-refractivity contribution >= 4 is 23.2 Å². The van der Waals surface area contributed by atoms with Crippen molar-refractivity contribution in [2.45, 2.75) is 6.54 Å². The molecule has 2 rings (SSSR count). The number of rotatable bonds is 4. The molecule has 0 saturated carbocycles. The van der Waals surface area contributed by atoms with Gasteiger partial charge < -0.3 is 10.6 Å². The van der Waals surface area contributed by atoms with E-state index in [1.54, 1.807) is 25.2 Å². The highest BCUT2D eigenvalue weighted by Crippen LogP contribution is 2.20. The van der Waals surface area contributed by atoms with E-state index < -0.39 is 0 Å². The summed E-state index contributed by atoms with van der Waals surface area (Å²) in [7, 11) is 1.74. The average Bonchev–Trinajstić information content (AvgIpc) is 2.89. The van der Waals surface area contributed by atoms with Crippen LogP contribution in [0.2, 0.25) is 5.02 Å². The Balaban J connectivity index is 2.10. The first-order valence-electron chi connectivity index (χ1n) is 5.18. The van der Waals surface area contributed by atoms with Gasteiger partial charge in [-0.1, -0.05) is 16.8 Å². The molecule has 1 heterocycles. The Morgan fingerprint density at radius 3 is 3.00 bits per heavy atom. The van der Waals surface area contributed by atoms with Crippen LogP contribution >= 0.6 is 11.6 Å². The number of amides is 1. The Labute approximate surface area is 108 Å². The predicted molar refractivity (Wildman–Crippen MR) is 66.3 cm³/mol. The molecule has 1 aromatic carbocycles. The van der Waals surface area contributed by atoms with E-state index in [0.29, 0.717) is 22.1 Å². The Morgan fingerprint density at radius 1 is 1.50 bits per heavy atom. The topological polar surface area (TPSA) is 95.6 Å². The first kappa shape index (κ1) is 12.3. The Hall–Kier alpha value is -2.15. The molecule has 18 heavy (non-hydrogen) atoms. The molecule has 0 radical (unpaired) electrons. The van der Waals surface area contributed by atoms with Gasteiger partial charge in [-0.2, -0.15) is 5.21 Å². The van der Waals surface area contributed by atoms with Crippen LogP contribution in [0.4, 0.5) is 5.69 Å². The highest BCUT2D eigenvalue weighted by atomic mass is 35.5. The van der Waals surface area contributed by atoms with Gasteiger partial charge in [-0.3, -0.25) is 4.79 Å². The lowest BCUT2D eigenvalue weighted by Gasteiger charge is -2.09. The molecule has 94 valence electrons. The number of carbonyl (C=O) groups excluding carboxylic acids is 1. The van der Waals surface area contributed by atoms with Gasteiger partial charge in [-0.15, -0.1) is 10.2 Å². The number of carbonyl (C=O) groups is 1. The maximum atomic E-state index is 12.0. The minimum absolute atomic E-state index is 0.199. The third-order valence-corrected chi connectivity index (χ3v) is 2.53. The maximum Gasteiger partial charge on any atom is 0.253 e. The van der Waals surface area contributed by atoms with E-state index >= 15 is 0 Å². The van der Waals surface area contributed by atoms with Crippen molar-refractivity contribution in [2.75, 3.05) is 12.4 Å². The number of H-pyrrole nitrogens is 1. The van der Waals surface area contributed by atoms with Gasteiger partial charge in [0.25, 0.3) is 5.91 Å². The lowest BCUT2D eigenvalue weighted by molar-refractivity contribution is 0.0950. The zero-order chi connectivity index (χ0) is 13.0. The Kier molecular flexibility index (Phi) is 3.73. The molecule has 2 aromatic rings. The predicted octanol–water partition coefficient (Wildman–Crippen LogP) is 0.825. The molecular formula is C10H11ClN6O. The van der Waals surface area contributed by atoms with Crippen molar-refractivity contribution in [3.8, 4) is 0 Å². The van der Waals surface area contributed by atoms with Crippen molar-refractivity contribution in [2.24, 2.45) is 0 Å². The molecule has 7 nitrogen and oxygen atoms in total. The lowest BCUT2D eigenvalue weighted by Crippen LogP contribution is -2.24. The molecule has 1 amide bonds. The van der Waals surface area contributed by atoms with Crippen LogP contribution in [0.15, 0.2) is 18.2 Å². The molecule has 8 heteroatoms. The monoisotopic (exact) mass is 266 g/mol. The summed E-state index contributed by atoms with van der Waals surface area (Å²) in [5, 5.41) is 19.3. The molecule has 3 N–H and O–H groups in total. The van der Waals surface area contributed by atoms with E-state index in [-0.39, 0.29) is 12.5 Å². The van der Waals surface area contributed by atoms with E-state index in [1.807, 2.05) is 0 Å². The second-order valence-electron chi connectivity index (χ2n) is 3.45. The number of nitrogens with one attached hydrogen (secondary N) is 3. The van der Waals surface area contributed by atoms with Crippen LogP contribution in [-0.2, 0) is 6.54 Å². The summed E-state index contributed by atoms with van der Waals surface area (Å²) in [5.74, 6) is 0.156. The summed E-state index contributed by atoms with van der Waals surface area (Å²) >= 11 is 5.87. The average molecular weight is 267 g/mol. The van der Waals surface area contributed by atoms with Crippen LogP contribution in [0, 0.1) is 0 Å². The highest BCUT2D eigenvalue weighted by molar-refractivity contribution is 6.31. The number of aromatic nitrogens is 4. The van der Waals surface area contributed by atoms with E-state index in [1.165, 1.54) is 0 Å². The smallest absolute Gasteiger partial charge is 0.253 e. The number of hydrogen-bond donors (Lipinski definition) is 3. The van der Waals surface area contributed by atoms with E-state index in [0.717, 1.165) is 0 Å². The molecule has 0 spiro atoms. The fourth-order valence-corrected chi connectivity index (χ4v) is 1.61. The molecule has 0 aliphatic heterocycles. The van der Waals surface area contributed by atoms with Gasteiger partial charge in [0, 0.05) is 17.8 Å². The summed E-state index contributed by atoms with van der Waals surface area (Å²) in [6.07, 6.45) is 0. The van der Waals surface area contributed by atoms with E-state index in [4.69, 9.17) is 11.6 Å². The molecule has 0 fully saturated rings. The number of halogens is 1.